The highest BCUT2D eigenvalue weighted by Crippen LogP contribution is 2.43. The zero-order valence-corrected chi connectivity index (χ0v) is 27.9. The summed E-state index contributed by atoms with van der Waals surface area (Å²) >= 11 is 1.82. The summed E-state index contributed by atoms with van der Waals surface area (Å²) < 4.78 is 7.02. The Morgan fingerprint density at radius 2 is 1.10 bits per heavy atom. The molecule has 6 aromatic carbocycles. The van der Waals surface area contributed by atoms with E-state index in [4.69, 9.17) is 15.0 Å². The molecule has 11 aromatic rings. The summed E-state index contributed by atoms with van der Waals surface area (Å²) in [6, 6.07) is 50.9. The largest absolute Gasteiger partial charge is 0.308 e. The van der Waals surface area contributed by atoms with Crippen LogP contribution in [0.25, 0.3) is 98.2 Å². The smallest absolute Gasteiger partial charge is 0.238 e. The van der Waals surface area contributed by atoms with Crippen LogP contribution < -0.4 is 0 Å². The third-order valence-corrected chi connectivity index (χ3v) is 11.1. The fraction of sp³-hybridized carbons (Fsp3) is 0. The van der Waals surface area contributed by atoms with Crippen LogP contribution in [0.5, 0.6) is 0 Å². The second-order valence-corrected chi connectivity index (χ2v) is 13.8. The SMILES string of the molecule is c1ccc(-c2nc(-c3ccccc3-n3c4ccccc4c4cnccc43)nc(-n3c4ccccc4c4ccc5c6ccccc6sc5c43)n2)cc1. The molecule has 0 fully saturated rings. The molecule has 0 radical (unpaired) electrons. The molecule has 6 nitrogen and oxygen atoms in total. The van der Waals surface area contributed by atoms with Gasteiger partial charge in [0.25, 0.3) is 0 Å². The van der Waals surface area contributed by atoms with Crippen LogP contribution in [-0.4, -0.2) is 29.1 Å². The van der Waals surface area contributed by atoms with Crippen LogP contribution in [0.4, 0.5) is 0 Å². The molecule has 0 N–H and O–H groups in total. The van der Waals surface area contributed by atoms with Crippen molar-refractivity contribution < 1.29 is 0 Å². The van der Waals surface area contributed by atoms with E-state index in [9.17, 15) is 0 Å². The van der Waals surface area contributed by atoms with Crippen LogP contribution in [0.2, 0.25) is 0 Å². The van der Waals surface area contributed by atoms with E-state index in [2.05, 4.69) is 142 Å². The van der Waals surface area contributed by atoms with Gasteiger partial charge in [-0.1, -0.05) is 109 Å². The number of benzene rings is 6. The number of aromatic nitrogens is 6. The monoisotopic (exact) mass is 670 g/mol. The van der Waals surface area contributed by atoms with Crippen molar-refractivity contribution in [1.82, 2.24) is 29.1 Å². The number of fused-ring (bicyclic) bond motifs is 10. The minimum absolute atomic E-state index is 0.580. The summed E-state index contributed by atoms with van der Waals surface area (Å²) in [5, 5.41) is 7.07. The van der Waals surface area contributed by atoms with Gasteiger partial charge in [-0.05, 0) is 36.4 Å². The maximum Gasteiger partial charge on any atom is 0.238 e. The summed E-state index contributed by atoms with van der Waals surface area (Å²) in [4.78, 5) is 20.3. The molecule has 0 saturated carbocycles. The van der Waals surface area contributed by atoms with E-state index in [-0.39, 0.29) is 0 Å². The fourth-order valence-electron chi connectivity index (χ4n) is 7.67. The van der Waals surface area contributed by atoms with Crippen LogP contribution in [0.1, 0.15) is 0 Å². The highest BCUT2D eigenvalue weighted by Gasteiger charge is 2.23. The topological polar surface area (TPSA) is 61.4 Å². The maximum atomic E-state index is 5.38. The van der Waals surface area contributed by atoms with E-state index < -0.39 is 0 Å². The second kappa shape index (κ2) is 10.9. The number of nitrogens with zero attached hydrogens (tertiary/aromatic N) is 6. The van der Waals surface area contributed by atoms with Crippen molar-refractivity contribution >= 4 is 75.1 Å². The number of hydrogen-bond donors (Lipinski definition) is 0. The van der Waals surface area contributed by atoms with E-state index in [0.29, 0.717) is 17.6 Å². The van der Waals surface area contributed by atoms with Crippen LogP contribution in [0.3, 0.4) is 0 Å². The molecule has 5 heterocycles. The zero-order valence-electron chi connectivity index (χ0n) is 27.1. The summed E-state index contributed by atoms with van der Waals surface area (Å²) in [5.74, 6) is 1.80. The summed E-state index contributed by atoms with van der Waals surface area (Å²) in [6.07, 6.45) is 3.80. The normalized spacial score (nSPS) is 11.9. The van der Waals surface area contributed by atoms with Gasteiger partial charge in [-0.3, -0.25) is 9.55 Å². The first-order chi connectivity index (χ1) is 25.3. The number of pyridine rings is 1. The Kier molecular flexibility index (Phi) is 6.02. The lowest BCUT2D eigenvalue weighted by molar-refractivity contribution is 0.953. The molecule has 0 amide bonds. The second-order valence-electron chi connectivity index (χ2n) is 12.7. The van der Waals surface area contributed by atoms with Crippen LogP contribution in [0.15, 0.2) is 158 Å². The van der Waals surface area contributed by atoms with E-state index >= 15 is 0 Å². The number of para-hydroxylation sites is 3. The van der Waals surface area contributed by atoms with Crippen molar-refractivity contribution in [3.63, 3.8) is 0 Å². The molecule has 0 bridgehead atoms. The van der Waals surface area contributed by atoms with Crippen molar-refractivity contribution in [3.05, 3.63) is 158 Å². The van der Waals surface area contributed by atoms with Gasteiger partial charge in [0.05, 0.1) is 32.5 Å². The molecule has 0 atom stereocenters. The molecule has 7 heteroatoms. The predicted octanol–water partition coefficient (Wildman–Crippen LogP) is 11.2. The number of rotatable bonds is 4. The van der Waals surface area contributed by atoms with Gasteiger partial charge in [0.15, 0.2) is 11.6 Å². The average Bonchev–Trinajstić information content (AvgIpc) is 3.86. The van der Waals surface area contributed by atoms with Gasteiger partial charge in [-0.2, -0.15) is 9.97 Å². The van der Waals surface area contributed by atoms with Gasteiger partial charge in [-0.15, -0.1) is 11.3 Å². The quantitative estimate of drug-likeness (QED) is 0.187. The molecule has 51 heavy (non-hydrogen) atoms. The summed E-state index contributed by atoms with van der Waals surface area (Å²) in [6.45, 7) is 0. The Balaban J connectivity index is 1.25. The van der Waals surface area contributed by atoms with Crippen molar-refractivity contribution in [3.8, 4) is 34.4 Å². The molecule has 11 rings (SSSR count). The molecule has 0 aliphatic carbocycles. The Hall–Kier alpha value is -6.70. The van der Waals surface area contributed by atoms with Crippen LogP contribution in [0, 0.1) is 0 Å². The van der Waals surface area contributed by atoms with E-state index in [1.165, 1.54) is 25.6 Å². The molecular formula is C44H26N6S. The fourth-order valence-corrected chi connectivity index (χ4v) is 8.91. The van der Waals surface area contributed by atoms with E-state index in [1.807, 2.05) is 41.9 Å². The first kappa shape index (κ1) is 28.2. The molecule has 0 aliphatic heterocycles. The molecule has 0 spiro atoms. The lowest BCUT2D eigenvalue weighted by atomic mass is 10.1. The van der Waals surface area contributed by atoms with E-state index in [1.54, 1.807) is 0 Å². The average molecular weight is 671 g/mol. The van der Waals surface area contributed by atoms with Gasteiger partial charge >= 0.3 is 0 Å². The van der Waals surface area contributed by atoms with Crippen molar-refractivity contribution in [2.75, 3.05) is 0 Å². The summed E-state index contributed by atoms with van der Waals surface area (Å²) in [5.41, 5.74) is 7.15. The lowest BCUT2D eigenvalue weighted by Gasteiger charge is -2.15. The highest BCUT2D eigenvalue weighted by molar-refractivity contribution is 7.26. The maximum absolute atomic E-state index is 5.38. The molecule has 5 aromatic heterocycles. The zero-order chi connectivity index (χ0) is 33.5. The van der Waals surface area contributed by atoms with Gasteiger partial charge in [0.2, 0.25) is 5.95 Å². The Bertz CT molecular complexity index is 3100. The third-order valence-electron chi connectivity index (χ3n) is 9.90. The Morgan fingerprint density at radius 1 is 0.451 bits per heavy atom. The molecular weight excluding hydrogens is 645 g/mol. The number of thiophene rings is 1. The summed E-state index contributed by atoms with van der Waals surface area (Å²) in [7, 11) is 0. The molecule has 0 unspecified atom stereocenters. The first-order valence-corrected chi connectivity index (χ1v) is 17.7. The van der Waals surface area contributed by atoms with Crippen molar-refractivity contribution in [2.45, 2.75) is 0 Å². The van der Waals surface area contributed by atoms with Crippen molar-refractivity contribution in [1.29, 1.82) is 0 Å². The van der Waals surface area contributed by atoms with Gasteiger partial charge in [0, 0.05) is 60.5 Å². The molecule has 0 saturated heterocycles. The number of hydrogen-bond acceptors (Lipinski definition) is 5. The minimum atomic E-state index is 0.580. The van der Waals surface area contributed by atoms with Gasteiger partial charge in [0.1, 0.15) is 0 Å². The third kappa shape index (κ3) is 4.16. The van der Waals surface area contributed by atoms with Crippen LogP contribution in [-0.2, 0) is 0 Å². The highest BCUT2D eigenvalue weighted by atomic mass is 32.1. The Labute approximate surface area is 295 Å². The predicted molar refractivity (Wildman–Crippen MR) is 210 cm³/mol. The van der Waals surface area contributed by atoms with Gasteiger partial charge in [-0.25, -0.2) is 4.98 Å². The standard InChI is InChI=1S/C44H26N6S/c1-2-12-27(13-3-1)42-46-43(33-17-6-10-20-37(33)49-35-18-8-5-15-29(35)34-26-45-25-24-38(34)49)48-44(47-42)50-36-19-9-4-14-28(36)31-22-23-32-30-16-7-11-21-39(30)51-41(32)40(31)50/h1-26H. The van der Waals surface area contributed by atoms with Crippen molar-refractivity contribution in [2.24, 2.45) is 0 Å². The lowest BCUT2D eigenvalue weighted by Crippen LogP contribution is -2.07. The first-order valence-electron chi connectivity index (χ1n) is 16.9. The Morgan fingerprint density at radius 3 is 1.96 bits per heavy atom. The van der Waals surface area contributed by atoms with E-state index in [0.717, 1.165) is 55.0 Å². The molecule has 238 valence electrons. The van der Waals surface area contributed by atoms with Gasteiger partial charge < -0.3 is 4.57 Å². The van der Waals surface area contributed by atoms with Crippen LogP contribution >= 0.6 is 11.3 Å². The minimum Gasteiger partial charge on any atom is -0.308 e. The molecule has 0 aliphatic rings.